The van der Waals surface area contributed by atoms with Crippen LogP contribution in [0.5, 0.6) is 0 Å². The zero-order valence-electron chi connectivity index (χ0n) is 33.3. The number of nitrogens with zero attached hydrogens (tertiary/aromatic N) is 8. The molecule has 8 rings (SSSR count). The smallest absolute Gasteiger partial charge is 0.160 e. The molecule has 0 aliphatic carbocycles. The monoisotopic (exact) mass is 762 g/mol. The number of imidazole rings is 1. The minimum absolute atomic E-state index is 0.272. The highest BCUT2D eigenvalue weighted by Crippen LogP contribution is 2.32. The topological polar surface area (TPSA) is 159 Å². The van der Waals surface area contributed by atoms with Crippen LogP contribution in [0.2, 0.25) is 0 Å². The molecule has 0 bridgehead atoms. The summed E-state index contributed by atoms with van der Waals surface area (Å²) < 4.78 is 23.8. The van der Waals surface area contributed by atoms with Crippen molar-refractivity contribution in [2.75, 3.05) is 83.3 Å². The van der Waals surface area contributed by atoms with Crippen LogP contribution < -0.4 is 11.1 Å². The molecule has 2 fully saturated rings. The van der Waals surface area contributed by atoms with Crippen molar-refractivity contribution in [3.8, 4) is 22.3 Å². The number of hydrogen-bond donors (Lipinski definition) is 2. The van der Waals surface area contributed by atoms with Crippen molar-refractivity contribution in [1.82, 2.24) is 39.6 Å². The van der Waals surface area contributed by atoms with Gasteiger partial charge in [0.2, 0.25) is 0 Å². The van der Waals surface area contributed by atoms with Crippen molar-refractivity contribution in [1.29, 1.82) is 0 Å². The van der Waals surface area contributed by atoms with E-state index in [1.165, 1.54) is 5.56 Å². The van der Waals surface area contributed by atoms with Crippen molar-refractivity contribution >= 4 is 22.7 Å². The molecule has 0 amide bonds. The van der Waals surface area contributed by atoms with Crippen molar-refractivity contribution in [3.63, 3.8) is 0 Å². The first-order valence-corrected chi connectivity index (χ1v) is 19.6. The van der Waals surface area contributed by atoms with Gasteiger partial charge < -0.3 is 34.1 Å². The summed E-state index contributed by atoms with van der Waals surface area (Å²) in [5.74, 6) is 3.66. The highest BCUT2D eigenvalue weighted by molar-refractivity contribution is 5.80. The van der Waals surface area contributed by atoms with Crippen molar-refractivity contribution in [3.05, 3.63) is 89.2 Å². The average molecular weight is 763 g/mol. The molecule has 2 saturated heterocycles. The van der Waals surface area contributed by atoms with E-state index in [0.717, 1.165) is 147 Å². The van der Waals surface area contributed by atoms with Crippen LogP contribution in [-0.2, 0) is 22.4 Å². The van der Waals surface area contributed by atoms with Crippen LogP contribution in [0.3, 0.4) is 0 Å². The van der Waals surface area contributed by atoms with Gasteiger partial charge in [-0.05, 0) is 51.8 Å². The van der Waals surface area contributed by atoms with E-state index in [2.05, 4.69) is 78.3 Å². The molecule has 1 atom stereocenters. The number of rotatable bonds is 12. The fraction of sp³-hybridized carbons (Fsp3) is 0.452. The third-order valence-electron chi connectivity index (χ3n) is 10.6. The summed E-state index contributed by atoms with van der Waals surface area (Å²) >= 11 is 0. The van der Waals surface area contributed by atoms with Crippen LogP contribution in [-0.4, -0.2) is 112 Å². The van der Waals surface area contributed by atoms with E-state index in [-0.39, 0.29) is 5.92 Å². The lowest BCUT2D eigenvalue weighted by Crippen LogP contribution is -2.39. The molecule has 2 aliphatic heterocycles. The number of benzene rings is 1. The summed E-state index contributed by atoms with van der Waals surface area (Å²) in [5.41, 5.74) is 15.6. The Bertz CT molecular complexity index is 2150. The van der Waals surface area contributed by atoms with E-state index in [9.17, 15) is 0 Å². The zero-order chi connectivity index (χ0) is 39.0. The molecule has 296 valence electrons. The second-order valence-corrected chi connectivity index (χ2v) is 14.7. The predicted molar refractivity (Wildman–Crippen MR) is 218 cm³/mol. The summed E-state index contributed by atoms with van der Waals surface area (Å²) in [6.07, 6.45) is 4.67. The molecule has 0 spiro atoms. The van der Waals surface area contributed by atoms with Crippen LogP contribution in [0.15, 0.2) is 63.9 Å². The first-order valence-electron chi connectivity index (χ1n) is 19.6. The van der Waals surface area contributed by atoms with E-state index in [0.29, 0.717) is 11.5 Å². The van der Waals surface area contributed by atoms with Gasteiger partial charge in [-0.25, -0.2) is 15.0 Å². The lowest BCUT2D eigenvalue weighted by Gasteiger charge is -2.27. The lowest BCUT2D eigenvalue weighted by atomic mass is 10.0. The van der Waals surface area contributed by atoms with Gasteiger partial charge in [0.25, 0.3) is 0 Å². The maximum Gasteiger partial charge on any atom is 0.160 e. The number of fused-ring (bicyclic) bond motifs is 1. The Morgan fingerprint density at radius 1 is 0.750 bits per heavy atom. The van der Waals surface area contributed by atoms with Gasteiger partial charge in [-0.15, -0.1) is 0 Å². The Balaban J connectivity index is 0.000000183. The number of aryl methyl sites for hydroxylation is 4. The first-order chi connectivity index (χ1) is 27.2. The molecule has 3 N–H and O–H groups in total. The van der Waals surface area contributed by atoms with Crippen LogP contribution in [0, 0.1) is 27.7 Å². The number of morpholine rings is 2. The summed E-state index contributed by atoms with van der Waals surface area (Å²) in [5, 5.41) is 11.4. The third kappa shape index (κ3) is 9.27. The van der Waals surface area contributed by atoms with Crippen molar-refractivity contribution < 1.29 is 18.5 Å². The van der Waals surface area contributed by atoms with Gasteiger partial charge in [0.1, 0.15) is 28.7 Å². The minimum atomic E-state index is 0.272. The lowest BCUT2D eigenvalue weighted by molar-refractivity contribution is 0.0364. The second-order valence-electron chi connectivity index (χ2n) is 14.7. The standard InChI is InChI=1S/C26H31N5O2.C16H23N5O2/c1-18(15-21-7-5-4-6-8-21)25-28-23-16-22(24-19(2)29-33-20(24)3)17-27-26(23)31(25)10-9-30-11-13-32-14-12-30;1-11-15(12(2)23-20-11)13-9-14(17)16(19-10-13)18-3-4-21-5-7-22-8-6-21/h4-8,16-18H,9-15H2,1-3H3;9-10H,3-8,17H2,1-2H3,(H,18,19). The molecule has 14 nitrogen and oxygen atoms in total. The molecular weight excluding hydrogens is 709 g/mol. The Morgan fingerprint density at radius 3 is 1.93 bits per heavy atom. The quantitative estimate of drug-likeness (QED) is 0.148. The van der Waals surface area contributed by atoms with Crippen molar-refractivity contribution in [2.45, 2.75) is 53.5 Å². The van der Waals surface area contributed by atoms with Gasteiger partial charge >= 0.3 is 0 Å². The molecule has 2 aliphatic rings. The molecule has 6 aromatic rings. The normalized spacial score (nSPS) is 15.8. The van der Waals surface area contributed by atoms with E-state index in [4.69, 9.17) is 34.2 Å². The summed E-state index contributed by atoms with van der Waals surface area (Å²) in [6.45, 7) is 20.7. The van der Waals surface area contributed by atoms with Crippen LogP contribution in [0.25, 0.3) is 33.4 Å². The Kier molecular flexibility index (Phi) is 12.7. The Morgan fingerprint density at radius 2 is 1.34 bits per heavy atom. The van der Waals surface area contributed by atoms with Gasteiger partial charge in [-0.3, -0.25) is 9.80 Å². The molecule has 0 radical (unpaired) electrons. The van der Waals surface area contributed by atoms with Gasteiger partial charge in [-0.1, -0.05) is 47.6 Å². The maximum absolute atomic E-state index is 6.14. The molecule has 56 heavy (non-hydrogen) atoms. The molecule has 1 unspecified atom stereocenters. The number of aromatic nitrogens is 6. The molecule has 5 aromatic heterocycles. The van der Waals surface area contributed by atoms with Crippen LogP contribution in [0.1, 0.15) is 47.1 Å². The fourth-order valence-corrected chi connectivity index (χ4v) is 7.60. The molecule has 1 aromatic carbocycles. The number of nitrogen functional groups attached to an aromatic ring is 1. The first kappa shape index (κ1) is 39.1. The SMILES string of the molecule is Cc1noc(C)c1-c1cnc(NCCN2CCOCC2)c(N)c1.Cc1noc(C)c1-c1cnc2c(c1)nc(C(C)Cc1ccccc1)n2CCN1CCOCC1. The zero-order valence-corrected chi connectivity index (χ0v) is 33.3. The minimum Gasteiger partial charge on any atom is -0.396 e. The Hall–Kier alpha value is -5.15. The second kappa shape index (κ2) is 18.2. The van der Waals surface area contributed by atoms with Crippen LogP contribution >= 0.6 is 0 Å². The molecular formula is C42H54N10O4. The van der Waals surface area contributed by atoms with Gasteiger partial charge in [0.15, 0.2) is 5.65 Å². The van der Waals surface area contributed by atoms with Gasteiger partial charge in [0, 0.05) is 92.9 Å². The van der Waals surface area contributed by atoms with E-state index in [1.807, 2.05) is 40.0 Å². The van der Waals surface area contributed by atoms with Gasteiger partial charge in [0.05, 0.1) is 43.5 Å². The predicted octanol–water partition coefficient (Wildman–Crippen LogP) is 6.06. The molecule has 0 saturated carbocycles. The number of pyridine rings is 2. The number of nitrogens with two attached hydrogens (primary N) is 1. The number of nitrogens with one attached hydrogen (secondary N) is 1. The average Bonchev–Trinajstić information content (AvgIpc) is 3.88. The summed E-state index contributed by atoms with van der Waals surface area (Å²) in [6, 6.07) is 14.7. The van der Waals surface area contributed by atoms with E-state index in [1.54, 1.807) is 6.20 Å². The van der Waals surface area contributed by atoms with Crippen molar-refractivity contribution in [2.24, 2.45) is 0 Å². The van der Waals surface area contributed by atoms with Crippen LogP contribution in [0.4, 0.5) is 11.5 Å². The number of hydrogen-bond acceptors (Lipinski definition) is 13. The van der Waals surface area contributed by atoms with E-state index < -0.39 is 0 Å². The van der Waals surface area contributed by atoms with Gasteiger partial charge in [-0.2, -0.15) is 0 Å². The Labute approximate surface area is 328 Å². The maximum atomic E-state index is 6.14. The molecule has 7 heterocycles. The highest BCUT2D eigenvalue weighted by atomic mass is 16.5. The fourth-order valence-electron chi connectivity index (χ4n) is 7.60. The number of ether oxygens (including phenoxy) is 2. The summed E-state index contributed by atoms with van der Waals surface area (Å²) in [4.78, 5) is 19.3. The summed E-state index contributed by atoms with van der Waals surface area (Å²) in [7, 11) is 0. The molecule has 14 heteroatoms. The largest absolute Gasteiger partial charge is 0.396 e. The third-order valence-corrected chi connectivity index (χ3v) is 10.6. The highest BCUT2D eigenvalue weighted by Gasteiger charge is 2.22. The van der Waals surface area contributed by atoms with E-state index >= 15 is 0 Å². The number of anilines is 2.